The lowest BCUT2D eigenvalue weighted by Crippen LogP contribution is -2.13. The van der Waals surface area contributed by atoms with E-state index in [1.165, 1.54) is 31.2 Å². The molecule has 1 aromatic heterocycles. The van der Waals surface area contributed by atoms with E-state index >= 15 is 0 Å². The maximum atomic E-state index is 12.5. The summed E-state index contributed by atoms with van der Waals surface area (Å²) in [5, 5.41) is 4.14. The molecule has 0 aliphatic carbocycles. The van der Waals surface area contributed by atoms with E-state index in [0.717, 1.165) is 5.56 Å². The van der Waals surface area contributed by atoms with Crippen LogP contribution < -0.4 is 4.72 Å². The number of ketones is 1. The van der Waals surface area contributed by atoms with Crippen LogP contribution in [0.5, 0.6) is 0 Å². The molecule has 0 saturated carbocycles. The fourth-order valence-electron chi connectivity index (χ4n) is 2.40. The first kappa shape index (κ1) is 16.9. The zero-order valence-electron chi connectivity index (χ0n) is 13.6. The first-order chi connectivity index (χ1) is 11.9. The van der Waals surface area contributed by atoms with Crippen molar-refractivity contribution in [2.24, 2.45) is 0 Å². The lowest BCUT2D eigenvalue weighted by molar-refractivity contribution is 0.101. The van der Waals surface area contributed by atoms with Crippen molar-refractivity contribution in [3.63, 3.8) is 0 Å². The van der Waals surface area contributed by atoms with Gasteiger partial charge in [0.15, 0.2) is 5.78 Å². The van der Waals surface area contributed by atoms with Crippen molar-refractivity contribution in [1.29, 1.82) is 0 Å². The van der Waals surface area contributed by atoms with Gasteiger partial charge in [-0.3, -0.25) is 14.2 Å². The van der Waals surface area contributed by atoms with E-state index in [1.807, 2.05) is 18.3 Å². The van der Waals surface area contributed by atoms with Gasteiger partial charge in [-0.15, -0.1) is 0 Å². The number of carbonyl (C=O) groups excluding carboxylic acids is 1. The molecule has 2 aromatic carbocycles. The lowest BCUT2D eigenvalue weighted by atomic mass is 10.2. The summed E-state index contributed by atoms with van der Waals surface area (Å²) in [6.07, 6.45) is 3.53. The third-order valence-corrected chi connectivity index (χ3v) is 5.05. The number of carbonyl (C=O) groups is 1. The molecule has 128 valence electrons. The number of rotatable bonds is 6. The number of sulfonamides is 1. The summed E-state index contributed by atoms with van der Waals surface area (Å²) in [7, 11) is -3.72. The van der Waals surface area contributed by atoms with Crippen LogP contribution in [0.1, 0.15) is 22.8 Å². The Kier molecular flexibility index (Phi) is 4.67. The molecule has 0 spiro atoms. The minimum atomic E-state index is -3.72. The van der Waals surface area contributed by atoms with E-state index in [2.05, 4.69) is 9.82 Å². The molecule has 0 aliphatic heterocycles. The van der Waals surface area contributed by atoms with Gasteiger partial charge in [0, 0.05) is 23.6 Å². The second kappa shape index (κ2) is 6.90. The maximum absolute atomic E-state index is 12.5. The highest BCUT2D eigenvalue weighted by atomic mass is 32.2. The van der Waals surface area contributed by atoms with Gasteiger partial charge in [-0.25, -0.2) is 8.42 Å². The number of hydrogen-bond donors (Lipinski definition) is 1. The minimum Gasteiger partial charge on any atom is -0.295 e. The van der Waals surface area contributed by atoms with E-state index in [4.69, 9.17) is 0 Å². The van der Waals surface area contributed by atoms with Crippen molar-refractivity contribution in [2.45, 2.75) is 18.4 Å². The van der Waals surface area contributed by atoms with Gasteiger partial charge >= 0.3 is 0 Å². The Morgan fingerprint density at radius 1 is 1.12 bits per heavy atom. The van der Waals surface area contributed by atoms with E-state index < -0.39 is 10.0 Å². The topological polar surface area (TPSA) is 81.1 Å². The van der Waals surface area contributed by atoms with E-state index in [0.29, 0.717) is 17.8 Å². The van der Waals surface area contributed by atoms with Gasteiger partial charge < -0.3 is 0 Å². The third-order valence-electron chi connectivity index (χ3n) is 3.65. The standard InChI is InChI=1S/C18H17N3O3S/c1-14(22)16-6-8-18(9-7-16)25(23,24)20-17-5-2-4-15(12-17)13-21-11-3-10-19-21/h2-12,20H,13H2,1H3. The highest BCUT2D eigenvalue weighted by molar-refractivity contribution is 7.92. The molecule has 0 fully saturated rings. The van der Waals surface area contributed by atoms with Crippen LogP contribution >= 0.6 is 0 Å². The molecule has 3 rings (SSSR count). The summed E-state index contributed by atoms with van der Waals surface area (Å²) in [6.45, 7) is 1.99. The molecule has 1 heterocycles. The first-order valence-corrected chi connectivity index (χ1v) is 9.12. The van der Waals surface area contributed by atoms with Gasteiger partial charge in [0.05, 0.1) is 11.4 Å². The zero-order chi connectivity index (χ0) is 17.9. The van der Waals surface area contributed by atoms with Crippen molar-refractivity contribution in [1.82, 2.24) is 9.78 Å². The smallest absolute Gasteiger partial charge is 0.261 e. The van der Waals surface area contributed by atoms with Gasteiger partial charge in [0.2, 0.25) is 0 Å². The predicted octanol–water partition coefficient (Wildman–Crippen LogP) is 2.93. The van der Waals surface area contributed by atoms with Crippen LogP contribution in [0, 0.1) is 0 Å². The lowest BCUT2D eigenvalue weighted by Gasteiger charge is -2.10. The normalized spacial score (nSPS) is 11.2. The molecule has 3 aromatic rings. The van der Waals surface area contributed by atoms with Crippen LogP contribution in [0.15, 0.2) is 71.9 Å². The molecule has 6 nitrogen and oxygen atoms in total. The Bertz CT molecular complexity index is 979. The minimum absolute atomic E-state index is 0.106. The number of Topliss-reactive ketones (excluding diaryl/α,β-unsaturated/α-hetero) is 1. The predicted molar refractivity (Wildman–Crippen MR) is 95.0 cm³/mol. The fraction of sp³-hybridized carbons (Fsp3) is 0.111. The quantitative estimate of drug-likeness (QED) is 0.689. The number of aromatic nitrogens is 2. The second-order valence-corrected chi connectivity index (χ2v) is 7.27. The van der Waals surface area contributed by atoms with Crippen LogP contribution in [0.2, 0.25) is 0 Å². The zero-order valence-corrected chi connectivity index (χ0v) is 14.4. The third kappa shape index (κ3) is 4.13. The Morgan fingerprint density at radius 2 is 1.88 bits per heavy atom. The molecule has 0 saturated heterocycles. The molecule has 7 heteroatoms. The monoisotopic (exact) mass is 355 g/mol. The molecular weight excluding hydrogens is 338 g/mol. The van der Waals surface area contributed by atoms with Crippen LogP contribution in [0.25, 0.3) is 0 Å². The van der Waals surface area contributed by atoms with Gasteiger partial charge in [-0.2, -0.15) is 5.10 Å². The molecular formula is C18H17N3O3S. The molecule has 0 aliphatic rings. The van der Waals surface area contributed by atoms with Crippen molar-refractivity contribution >= 4 is 21.5 Å². The molecule has 0 amide bonds. The van der Waals surface area contributed by atoms with Gasteiger partial charge in [0.25, 0.3) is 10.0 Å². The van der Waals surface area contributed by atoms with Gasteiger partial charge in [0.1, 0.15) is 0 Å². The number of nitrogens with one attached hydrogen (secondary N) is 1. The Hall–Kier alpha value is -2.93. The molecule has 0 radical (unpaired) electrons. The fourth-order valence-corrected chi connectivity index (χ4v) is 3.45. The summed E-state index contributed by atoms with van der Waals surface area (Å²) in [5.41, 5.74) is 1.87. The number of benzene rings is 2. The number of nitrogens with zero attached hydrogens (tertiary/aromatic N) is 2. The first-order valence-electron chi connectivity index (χ1n) is 7.64. The average molecular weight is 355 g/mol. The second-order valence-electron chi connectivity index (χ2n) is 5.59. The summed E-state index contributed by atoms with van der Waals surface area (Å²) in [4.78, 5) is 11.4. The SMILES string of the molecule is CC(=O)c1ccc(S(=O)(=O)Nc2cccc(Cn3cccn3)c2)cc1. The highest BCUT2D eigenvalue weighted by Crippen LogP contribution is 2.18. The molecule has 0 unspecified atom stereocenters. The average Bonchev–Trinajstić information content (AvgIpc) is 3.08. The van der Waals surface area contributed by atoms with Crippen molar-refractivity contribution in [3.8, 4) is 0 Å². The Morgan fingerprint density at radius 3 is 2.52 bits per heavy atom. The van der Waals surface area contributed by atoms with Crippen molar-refractivity contribution < 1.29 is 13.2 Å². The highest BCUT2D eigenvalue weighted by Gasteiger charge is 2.14. The van der Waals surface area contributed by atoms with E-state index in [9.17, 15) is 13.2 Å². The van der Waals surface area contributed by atoms with Crippen LogP contribution in [0.3, 0.4) is 0 Å². The van der Waals surface area contributed by atoms with E-state index in [-0.39, 0.29) is 10.7 Å². The number of hydrogen-bond acceptors (Lipinski definition) is 4. The van der Waals surface area contributed by atoms with Crippen LogP contribution in [-0.2, 0) is 16.6 Å². The molecule has 25 heavy (non-hydrogen) atoms. The summed E-state index contributed by atoms with van der Waals surface area (Å²) >= 11 is 0. The summed E-state index contributed by atoms with van der Waals surface area (Å²) in [5.74, 6) is -0.108. The molecule has 0 atom stereocenters. The van der Waals surface area contributed by atoms with Crippen molar-refractivity contribution in [3.05, 3.63) is 78.1 Å². The van der Waals surface area contributed by atoms with Gasteiger partial charge in [-0.05, 0) is 42.8 Å². The summed E-state index contributed by atoms with van der Waals surface area (Å²) in [6, 6.07) is 14.8. The van der Waals surface area contributed by atoms with Crippen LogP contribution in [-0.4, -0.2) is 24.0 Å². The Labute approximate surface area is 146 Å². The Balaban J connectivity index is 1.79. The van der Waals surface area contributed by atoms with E-state index in [1.54, 1.807) is 29.1 Å². The molecule has 1 N–H and O–H groups in total. The summed E-state index contributed by atoms with van der Waals surface area (Å²) < 4.78 is 29.3. The van der Waals surface area contributed by atoms with Gasteiger partial charge in [-0.1, -0.05) is 24.3 Å². The van der Waals surface area contributed by atoms with Crippen LogP contribution in [0.4, 0.5) is 5.69 Å². The van der Waals surface area contributed by atoms with Crippen molar-refractivity contribution in [2.75, 3.05) is 4.72 Å². The maximum Gasteiger partial charge on any atom is 0.261 e. The largest absolute Gasteiger partial charge is 0.295 e. The molecule has 0 bridgehead atoms. The number of anilines is 1.